The molecule has 15 heavy (non-hydrogen) atoms. The van der Waals surface area contributed by atoms with E-state index < -0.39 is 0 Å². The Kier molecular flexibility index (Phi) is 2.57. The number of rotatable bonds is 1. The van der Waals surface area contributed by atoms with E-state index in [1.807, 2.05) is 6.07 Å². The number of hydrogen-bond acceptors (Lipinski definition) is 3. The highest BCUT2D eigenvalue weighted by Gasteiger charge is 2.21. The van der Waals surface area contributed by atoms with Crippen LogP contribution in [0.1, 0.15) is 19.4 Å². The van der Waals surface area contributed by atoms with Gasteiger partial charge in [-0.05, 0) is 25.5 Å². The lowest BCUT2D eigenvalue weighted by atomic mass is 10.1. The number of nitrogens with one attached hydrogen (secondary N) is 2. The summed E-state index contributed by atoms with van der Waals surface area (Å²) < 4.78 is 5.21. The van der Waals surface area contributed by atoms with Gasteiger partial charge in [0.05, 0.1) is 7.11 Å². The molecule has 0 fully saturated rings. The standard InChI is InChI=1S/C12H18N2O/c1-12(2)8-13-11-6-10(15-3)5-4-9(11)7-14-12/h4-6,13-14H,7-8H2,1-3H3. The summed E-state index contributed by atoms with van der Waals surface area (Å²) in [6.07, 6.45) is 0. The Morgan fingerprint density at radius 1 is 1.33 bits per heavy atom. The summed E-state index contributed by atoms with van der Waals surface area (Å²) in [7, 11) is 1.70. The molecule has 0 bridgehead atoms. The van der Waals surface area contributed by atoms with Crippen LogP contribution < -0.4 is 15.4 Å². The minimum atomic E-state index is 0.131. The highest BCUT2D eigenvalue weighted by atomic mass is 16.5. The molecule has 1 aromatic rings. The molecule has 1 aromatic carbocycles. The topological polar surface area (TPSA) is 33.3 Å². The zero-order valence-corrected chi connectivity index (χ0v) is 9.55. The maximum atomic E-state index is 5.21. The fourth-order valence-electron chi connectivity index (χ4n) is 1.71. The van der Waals surface area contributed by atoms with Gasteiger partial charge >= 0.3 is 0 Å². The number of fused-ring (bicyclic) bond motifs is 1. The van der Waals surface area contributed by atoms with Crippen LogP contribution >= 0.6 is 0 Å². The first kappa shape index (κ1) is 10.3. The quantitative estimate of drug-likeness (QED) is 0.737. The van der Waals surface area contributed by atoms with Crippen molar-refractivity contribution in [3.05, 3.63) is 23.8 Å². The molecule has 2 rings (SSSR count). The van der Waals surface area contributed by atoms with Crippen LogP contribution in [-0.2, 0) is 6.54 Å². The first-order chi connectivity index (χ1) is 7.11. The molecular weight excluding hydrogens is 188 g/mol. The van der Waals surface area contributed by atoms with Crippen molar-refractivity contribution in [3.8, 4) is 5.75 Å². The molecule has 82 valence electrons. The molecule has 0 unspecified atom stereocenters. The van der Waals surface area contributed by atoms with Gasteiger partial charge in [-0.15, -0.1) is 0 Å². The Morgan fingerprint density at radius 3 is 2.87 bits per heavy atom. The third-order valence-corrected chi connectivity index (χ3v) is 2.80. The Labute approximate surface area is 90.8 Å². The van der Waals surface area contributed by atoms with Crippen LogP contribution in [0.4, 0.5) is 5.69 Å². The predicted octanol–water partition coefficient (Wildman–Crippen LogP) is 1.99. The average molecular weight is 206 g/mol. The third-order valence-electron chi connectivity index (χ3n) is 2.80. The van der Waals surface area contributed by atoms with Crippen molar-refractivity contribution in [2.24, 2.45) is 0 Å². The molecule has 0 aromatic heterocycles. The number of benzene rings is 1. The maximum Gasteiger partial charge on any atom is 0.120 e. The smallest absolute Gasteiger partial charge is 0.120 e. The third kappa shape index (κ3) is 2.23. The van der Waals surface area contributed by atoms with Crippen LogP contribution in [0.2, 0.25) is 0 Å². The summed E-state index contributed by atoms with van der Waals surface area (Å²) in [5.74, 6) is 0.904. The van der Waals surface area contributed by atoms with E-state index in [4.69, 9.17) is 4.74 Å². The molecule has 0 amide bonds. The van der Waals surface area contributed by atoms with Crippen molar-refractivity contribution in [3.63, 3.8) is 0 Å². The lowest BCUT2D eigenvalue weighted by Crippen LogP contribution is -2.42. The van der Waals surface area contributed by atoms with Crippen molar-refractivity contribution in [2.75, 3.05) is 19.0 Å². The SMILES string of the molecule is COc1ccc2c(c1)NCC(C)(C)NC2. The van der Waals surface area contributed by atoms with Gasteiger partial charge in [-0.25, -0.2) is 0 Å². The van der Waals surface area contributed by atoms with Gasteiger partial charge in [-0.3, -0.25) is 0 Å². The van der Waals surface area contributed by atoms with Crippen molar-refractivity contribution >= 4 is 5.69 Å². The van der Waals surface area contributed by atoms with Gasteiger partial charge in [0.2, 0.25) is 0 Å². The summed E-state index contributed by atoms with van der Waals surface area (Å²) in [5.41, 5.74) is 2.60. The molecule has 3 nitrogen and oxygen atoms in total. The molecule has 3 heteroatoms. The van der Waals surface area contributed by atoms with E-state index in [1.165, 1.54) is 11.3 Å². The number of methoxy groups -OCH3 is 1. The molecule has 0 atom stereocenters. The molecule has 1 aliphatic rings. The fraction of sp³-hybridized carbons (Fsp3) is 0.500. The van der Waals surface area contributed by atoms with Crippen LogP contribution in [0.25, 0.3) is 0 Å². The summed E-state index contributed by atoms with van der Waals surface area (Å²) >= 11 is 0. The number of ether oxygens (including phenoxy) is 1. The van der Waals surface area contributed by atoms with Gasteiger partial charge in [-0.2, -0.15) is 0 Å². The largest absolute Gasteiger partial charge is 0.497 e. The van der Waals surface area contributed by atoms with Crippen molar-refractivity contribution < 1.29 is 4.74 Å². The summed E-state index contributed by atoms with van der Waals surface area (Å²) in [6, 6.07) is 6.16. The van der Waals surface area contributed by atoms with Gasteiger partial charge in [-0.1, -0.05) is 6.07 Å². The normalized spacial score (nSPS) is 18.6. The van der Waals surface area contributed by atoms with Crippen molar-refractivity contribution in [1.82, 2.24) is 5.32 Å². The van der Waals surface area contributed by atoms with E-state index in [0.717, 1.165) is 18.8 Å². The molecular formula is C12H18N2O. The Bertz CT molecular complexity index is 361. The maximum absolute atomic E-state index is 5.21. The van der Waals surface area contributed by atoms with E-state index in [2.05, 4.69) is 36.6 Å². The molecule has 0 saturated carbocycles. The lowest BCUT2D eigenvalue weighted by Gasteiger charge is -2.23. The molecule has 1 heterocycles. The van der Waals surface area contributed by atoms with Gasteiger partial charge in [0, 0.05) is 30.4 Å². The number of hydrogen-bond donors (Lipinski definition) is 2. The highest BCUT2D eigenvalue weighted by molar-refractivity contribution is 5.56. The van der Waals surface area contributed by atoms with E-state index in [-0.39, 0.29) is 5.54 Å². The second-order valence-electron chi connectivity index (χ2n) is 4.61. The molecule has 0 aliphatic carbocycles. The van der Waals surface area contributed by atoms with Crippen LogP contribution in [0, 0.1) is 0 Å². The van der Waals surface area contributed by atoms with E-state index in [9.17, 15) is 0 Å². The first-order valence-corrected chi connectivity index (χ1v) is 5.26. The molecule has 2 N–H and O–H groups in total. The van der Waals surface area contributed by atoms with Crippen LogP contribution in [0.15, 0.2) is 18.2 Å². The van der Waals surface area contributed by atoms with E-state index >= 15 is 0 Å². The Morgan fingerprint density at radius 2 is 2.13 bits per heavy atom. The van der Waals surface area contributed by atoms with E-state index in [1.54, 1.807) is 7.11 Å². The number of anilines is 1. The van der Waals surface area contributed by atoms with Gasteiger partial charge in [0.25, 0.3) is 0 Å². The van der Waals surface area contributed by atoms with Gasteiger partial charge in [0.15, 0.2) is 0 Å². The predicted molar refractivity (Wildman–Crippen MR) is 62.4 cm³/mol. The van der Waals surface area contributed by atoms with Crippen LogP contribution in [0.5, 0.6) is 5.75 Å². The second kappa shape index (κ2) is 3.74. The highest BCUT2D eigenvalue weighted by Crippen LogP contribution is 2.25. The van der Waals surface area contributed by atoms with Crippen LogP contribution in [0.3, 0.4) is 0 Å². The van der Waals surface area contributed by atoms with Crippen molar-refractivity contribution in [2.45, 2.75) is 25.9 Å². The molecule has 1 aliphatic heterocycles. The zero-order valence-electron chi connectivity index (χ0n) is 9.55. The minimum absolute atomic E-state index is 0.131. The van der Waals surface area contributed by atoms with Crippen molar-refractivity contribution in [1.29, 1.82) is 0 Å². The monoisotopic (exact) mass is 206 g/mol. The fourth-order valence-corrected chi connectivity index (χ4v) is 1.71. The Balaban J connectivity index is 2.27. The summed E-state index contributed by atoms with van der Waals surface area (Å²) in [4.78, 5) is 0. The van der Waals surface area contributed by atoms with Crippen LogP contribution in [-0.4, -0.2) is 19.2 Å². The van der Waals surface area contributed by atoms with E-state index in [0.29, 0.717) is 0 Å². The molecule has 0 saturated heterocycles. The Hall–Kier alpha value is -1.22. The molecule has 0 spiro atoms. The zero-order chi connectivity index (χ0) is 10.9. The first-order valence-electron chi connectivity index (χ1n) is 5.26. The lowest BCUT2D eigenvalue weighted by molar-refractivity contribution is 0.414. The second-order valence-corrected chi connectivity index (χ2v) is 4.61. The molecule has 0 radical (unpaired) electrons. The summed E-state index contributed by atoms with van der Waals surface area (Å²) in [5, 5.41) is 6.96. The summed E-state index contributed by atoms with van der Waals surface area (Å²) in [6.45, 7) is 6.22. The minimum Gasteiger partial charge on any atom is -0.497 e. The average Bonchev–Trinajstić information content (AvgIpc) is 2.38. The van der Waals surface area contributed by atoms with Gasteiger partial charge < -0.3 is 15.4 Å². The van der Waals surface area contributed by atoms with Gasteiger partial charge in [0.1, 0.15) is 5.75 Å².